The SMILES string of the molecule is CN(C)C(c1cccs1)C1CCC(CNC(=O)COCCN(C)S(=O)(=O)c2ccc(OC(F)(F)F)cc2)CC1. The molecule has 1 aromatic carbocycles. The molecule has 0 saturated heterocycles. The molecule has 8 nitrogen and oxygen atoms in total. The van der Waals surface area contributed by atoms with E-state index in [1.54, 1.807) is 11.3 Å². The van der Waals surface area contributed by atoms with Crippen LogP contribution in [0.15, 0.2) is 46.7 Å². The number of halogens is 3. The fourth-order valence-electron chi connectivity index (χ4n) is 4.86. The first-order valence-electron chi connectivity index (χ1n) is 12.7. The van der Waals surface area contributed by atoms with Crippen LogP contribution in [0, 0.1) is 11.8 Å². The van der Waals surface area contributed by atoms with E-state index in [0.717, 1.165) is 54.3 Å². The minimum atomic E-state index is -4.86. The number of sulfonamides is 1. The second-order valence-corrected chi connectivity index (χ2v) is 12.9. The molecule has 1 aromatic heterocycles. The summed E-state index contributed by atoms with van der Waals surface area (Å²) in [5, 5.41) is 5.03. The molecule has 1 saturated carbocycles. The molecule has 1 heterocycles. The van der Waals surface area contributed by atoms with E-state index in [1.807, 2.05) is 0 Å². The Bertz CT molecular complexity index is 1130. The van der Waals surface area contributed by atoms with Crippen LogP contribution in [0.25, 0.3) is 0 Å². The summed E-state index contributed by atoms with van der Waals surface area (Å²) in [6.45, 7) is 0.354. The molecule has 218 valence electrons. The van der Waals surface area contributed by atoms with Crippen LogP contribution in [0.5, 0.6) is 5.75 Å². The van der Waals surface area contributed by atoms with Crippen molar-refractivity contribution < 1.29 is 35.9 Å². The molecule has 2 aromatic rings. The van der Waals surface area contributed by atoms with Crippen molar-refractivity contribution in [1.29, 1.82) is 0 Å². The van der Waals surface area contributed by atoms with Gasteiger partial charge in [0.05, 0.1) is 11.5 Å². The molecule has 13 heteroatoms. The van der Waals surface area contributed by atoms with Gasteiger partial charge in [-0.3, -0.25) is 4.79 Å². The van der Waals surface area contributed by atoms with Crippen LogP contribution < -0.4 is 10.1 Å². The Morgan fingerprint density at radius 3 is 2.33 bits per heavy atom. The number of ether oxygens (including phenoxy) is 2. The molecule has 1 aliphatic carbocycles. The zero-order valence-electron chi connectivity index (χ0n) is 22.3. The smallest absolute Gasteiger partial charge is 0.406 e. The first kappa shape index (κ1) is 31.3. The molecule has 1 amide bonds. The Morgan fingerprint density at radius 1 is 1.10 bits per heavy atom. The molecular formula is C26H36F3N3O5S2. The zero-order valence-corrected chi connectivity index (χ0v) is 23.9. The molecule has 39 heavy (non-hydrogen) atoms. The summed E-state index contributed by atoms with van der Waals surface area (Å²) in [6.07, 6.45) is -0.547. The standard InChI is InChI=1S/C26H36F3N3O5S2/c1-31(2)25(23-5-4-16-38-23)20-8-6-19(7-9-20)17-30-24(33)18-36-15-14-32(3)39(34,35)22-12-10-21(11-13-22)37-26(27,28)29/h4-5,10-13,16,19-20,25H,6-9,14-15,17-18H2,1-3H3,(H,30,33). The maximum Gasteiger partial charge on any atom is 0.573 e. The number of benzene rings is 1. The van der Waals surface area contributed by atoms with Gasteiger partial charge >= 0.3 is 6.36 Å². The second-order valence-electron chi connectivity index (χ2n) is 9.91. The average molecular weight is 592 g/mol. The average Bonchev–Trinajstić information content (AvgIpc) is 3.39. The summed E-state index contributed by atoms with van der Waals surface area (Å²) in [6, 6.07) is 8.66. The van der Waals surface area contributed by atoms with Crippen LogP contribution in [0.1, 0.15) is 36.6 Å². The van der Waals surface area contributed by atoms with Gasteiger partial charge < -0.3 is 19.7 Å². The van der Waals surface area contributed by atoms with E-state index in [2.05, 4.69) is 46.6 Å². The number of amides is 1. The maximum absolute atomic E-state index is 12.6. The number of alkyl halides is 3. The fourth-order valence-corrected chi connectivity index (χ4v) is 7.03. The number of hydrogen-bond acceptors (Lipinski definition) is 7. The fraction of sp³-hybridized carbons (Fsp3) is 0.577. The van der Waals surface area contributed by atoms with Gasteiger partial charge in [0.1, 0.15) is 12.4 Å². The molecule has 0 aliphatic heterocycles. The summed E-state index contributed by atoms with van der Waals surface area (Å²) in [5.41, 5.74) is 0. The van der Waals surface area contributed by atoms with Crippen LogP contribution >= 0.6 is 11.3 Å². The molecular weight excluding hydrogens is 555 g/mol. The van der Waals surface area contributed by atoms with Crippen LogP contribution in [0.4, 0.5) is 13.2 Å². The Balaban J connectivity index is 1.34. The molecule has 1 aliphatic rings. The van der Waals surface area contributed by atoms with Crippen molar-refractivity contribution in [2.45, 2.75) is 43.0 Å². The van der Waals surface area contributed by atoms with Gasteiger partial charge in [-0.25, -0.2) is 8.42 Å². The van der Waals surface area contributed by atoms with Gasteiger partial charge in [-0.15, -0.1) is 24.5 Å². The van der Waals surface area contributed by atoms with Crippen molar-refractivity contribution in [2.24, 2.45) is 11.8 Å². The third kappa shape index (κ3) is 9.45. The molecule has 0 spiro atoms. The third-order valence-corrected chi connectivity index (χ3v) is 9.68. The van der Waals surface area contributed by atoms with Crippen molar-refractivity contribution in [3.63, 3.8) is 0 Å². The van der Waals surface area contributed by atoms with Gasteiger partial charge in [0.15, 0.2) is 0 Å². The first-order chi connectivity index (χ1) is 18.4. The van der Waals surface area contributed by atoms with Crippen molar-refractivity contribution in [3.05, 3.63) is 46.7 Å². The Hall–Kier alpha value is -2.19. The number of carbonyl (C=O) groups is 1. The van der Waals surface area contributed by atoms with E-state index in [0.29, 0.717) is 24.4 Å². The van der Waals surface area contributed by atoms with Crippen molar-refractivity contribution in [2.75, 3.05) is 47.4 Å². The highest BCUT2D eigenvalue weighted by Crippen LogP contribution is 2.40. The highest BCUT2D eigenvalue weighted by molar-refractivity contribution is 7.89. The topological polar surface area (TPSA) is 88.2 Å². The molecule has 1 unspecified atom stereocenters. The maximum atomic E-state index is 12.6. The van der Waals surface area contributed by atoms with Gasteiger partial charge in [0.25, 0.3) is 0 Å². The number of likely N-dealkylation sites (N-methyl/N-ethyl adjacent to an activating group) is 1. The van der Waals surface area contributed by atoms with E-state index >= 15 is 0 Å². The molecule has 0 radical (unpaired) electrons. The minimum absolute atomic E-state index is 0.0157. The highest BCUT2D eigenvalue weighted by atomic mass is 32.2. The summed E-state index contributed by atoms with van der Waals surface area (Å²) < 4.78 is 72.3. The predicted molar refractivity (Wildman–Crippen MR) is 143 cm³/mol. The van der Waals surface area contributed by atoms with Crippen LogP contribution in [-0.4, -0.2) is 77.3 Å². The number of nitrogens with zero attached hydrogens (tertiary/aromatic N) is 2. The molecule has 3 rings (SSSR count). The molecule has 1 N–H and O–H groups in total. The lowest BCUT2D eigenvalue weighted by Crippen LogP contribution is -2.36. The number of rotatable bonds is 13. The molecule has 1 atom stereocenters. The lowest BCUT2D eigenvalue weighted by Gasteiger charge is -2.37. The van der Waals surface area contributed by atoms with E-state index in [1.165, 1.54) is 11.9 Å². The van der Waals surface area contributed by atoms with Gasteiger partial charge in [-0.2, -0.15) is 4.31 Å². The summed E-state index contributed by atoms with van der Waals surface area (Å²) >= 11 is 1.79. The zero-order chi connectivity index (χ0) is 28.6. The molecule has 0 bridgehead atoms. The normalized spacial score (nSPS) is 19.3. The van der Waals surface area contributed by atoms with Gasteiger partial charge in [-0.05, 0) is 87.3 Å². The Morgan fingerprint density at radius 2 is 1.77 bits per heavy atom. The van der Waals surface area contributed by atoms with E-state index < -0.39 is 22.1 Å². The van der Waals surface area contributed by atoms with E-state index in [4.69, 9.17) is 4.74 Å². The monoisotopic (exact) mass is 591 g/mol. The Kier molecular flexibility index (Phi) is 11.2. The van der Waals surface area contributed by atoms with Gasteiger partial charge in [0.2, 0.25) is 15.9 Å². The van der Waals surface area contributed by atoms with Crippen molar-refractivity contribution in [1.82, 2.24) is 14.5 Å². The summed E-state index contributed by atoms with van der Waals surface area (Å²) in [5.74, 6) is 0.240. The Labute approximate surface area is 232 Å². The predicted octanol–water partition coefficient (Wildman–Crippen LogP) is 4.51. The van der Waals surface area contributed by atoms with Gasteiger partial charge in [-0.1, -0.05) is 6.07 Å². The van der Waals surface area contributed by atoms with Crippen molar-refractivity contribution >= 4 is 27.3 Å². The van der Waals surface area contributed by atoms with Crippen molar-refractivity contribution in [3.8, 4) is 5.75 Å². The van der Waals surface area contributed by atoms with Gasteiger partial charge in [0, 0.05) is 31.1 Å². The number of nitrogens with one attached hydrogen (secondary N) is 1. The lowest BCUT2D eigenvalue weighted by molar-refractivity contribution is -0.274. The second kappa shape index (κ2) is 13.9. The quantitative estimate of drug-likeness (QED) is 0.345. The highest BCUT2D eigenvalue weighted by Gasteiger charge is 2.32. The summed E-state index contributed by atoms with van der Waals surface area (Å²) in [7, 11) is 1.63. The molecule has 1 fully saturated rings. The largest absolute Gasteiger partial charge is 0.573 e. The first-order valence-corrected chi connectivity index (χ1v) is 15.0. The number of carbonyl (C=O) groups excluding carboxylic acids is 1. The van der Waals surface area contributed by atoms with Crippen LogP contribution in [0.2, 0.25) is 0 Å². The summed E-state index contributed by atoms with van der Waals surface area (Å²) in [4.78, 5) is 15.7. The van der Waals surface area contributed by atoms with Crippen LogP contribution in [0.3, 0.4) is 0 Å². The van der Waals surface area contributed by atoms with E-state index in [-0.39, 0.29) is 30.6 Å². The van der Waals surface area contributed by atoms with Crippen LogP contribution in [-0.2, 0) is 19.6 Å². The number of thiophene rings is 1. The minimum Gasteiger partial charge on any atom is -0.406 e. The van der Waals surface area contributed by atoms with E-state index in [9.17, 15) is 26.4 Å². The lowest BCUT2D eigenvalue weighted by atomic mass is 9.77. The number of hydrogen-bond donors (Lipinski definition) is 1. The third-order valence-electron chi connectivity index (χ3n) is 6.87.